The highest BCUT2D eigenvalue weighted by Crippen LogP contribution is 2.15. The highest BCUT2D eigenvalue weighted by molar-refractivity contribution is 7.89. The third-order valence-corrected chi connectivity index (χ3v) is 4.76. The van der Waals surface area contributed by atoms with Crippen LogP contribution in [-0.2, 0) is 21.2 Å². The lowest BCUT2D eigenvalue weighted by atomic mass is 10.1. The Morgan fingerprint density at radius 3 is 2.42 bits per heavy atom. The Balaban J connectivity index is 2.14. The predicted octanol–water partition coefficient (Wildman–Crippen LogP) is 0.878. The van der Waals surface area contributed by atoms with Crippen molar-refractivity contribution < 1.29 is 18.0 Å². The second-order valence-electron chi connectivity index (χ2n) is 5.35. The Bertz CT molecular complexity index is 961. The van der Waals surface area contributed by atoms with Gasteiger partial charge in [-0.2, -0.15) is 4.72 Å². The van der Waals surface area contributed by atoms with Gasteiger partial charge in [0.15, 0.2) is 0 Å². The Labute approximate surface area is 151 Å². The average molecular weight is 371 g/mol. The normalized spacial score (nSPS) is 10.7. The van der Waals surface area contributed by atoms with Gasteiger partial charge < -0.3 is 11.1 Å². The maximum absolute atomic E-state index is 12.3. The summed E-state index contributed by atoms with van der Waals surface area (Å²) in [5.41, 5.74) is 6.53. The number of anilines is 1. The fourth-order valence-electron chi connectivity index (χ4n) is 2.13. The first-order valence-electron chi connectivity index (χ1n) is 7.53. The second kappa shape index (κ2) is 8.29. The Morgan fingerprint density at radius 1 is 1.12 bits per heavy atom. The summed E-state index contributed by atoms with van der Waals surface area (Å²) >= 11 is 0. The third kappa shape index (κ3) is 5.17. The maximum atomic E-state index is 12.3. The number of hydrogen-bond acceptors (Lipinski definition) is 4. The number of carbonyl (C=O) groups excluding carboxylic acids is 2. The zero-order valence-electron chi connectivity index (χ0n) is 13.7. The van der Waals surface area contributed by atoms with Crippen molar-refractivity contribution in [1.82, 2.24) is 4.72 Å². The monoisotopic (exact) mass is 371 g/mol. The molecule has 0 atom stereocenters. The van der Waals surface area contributed by atoms with Crippen LogP contribution in [0.25, 0.3) is 0 Å². The molecular weight excluding hydrogens is 354 g/mol. The fraction of sp³-hybridized carbons (Fsp3) is 0.111. The summed E-state index contributed by atoms with van der Waals surface area (Å²) in [5.74, 6) is 1.26. The molecule has 2 aromatic rings. The Hall–Kier alpha value is -3.15. The van der Waals surface area contributed by atoms with E-state index in [1.54, 1.807) is 24.3 Å². The van der Waals surface area contributed by atoms with Crippen LogP contribution in [0, 0.1) is 12.3 Å². The molecule has 0 heterocycles. The molecule has 0 aliphatic carbocycles. The lowest BCUT2D eigenvalue weighted by Gasteiger charge is -2.08. The van der Waals surface area contributed by atoms with E-state index in [0.29, 0.717) is 5.69 Å². The predicted molar refractivity (Wildman–Crippen MR) is 97.8 cm³/mol. The van der Waals surface area contributed by atoms with Crippen molar-refractivity contribution in [3.63, 3.8) is 0 Å². The lowest BCUT2D eigenvalue weighted by molar-refractivity contribution is -0.117. The van der Waals surface area contributed by atoms with Gasteiger partial charge in [-0.25, -0.2) is 8.42 Å². The smallest absolute Gasteiger partial charge is 0.255 e. The van der Waals surface area contributed by atoms with E-state index < -0.39 is 21.8 Å². The number of sulfonamides is 1. The van der Waals surface area contributed by atoms with Gasteiger partial charge in [-0.15, -0.1) is 6.42 Å². The summed E-state index contributed by atoms with van der Waals surface area (Å²) in [4.78, 5) is 23.2. The molecule has 0 spiro atoms. The van der Waals surface area contributed by atoms with Crippen molar-refractivity contribution in [3.8, 4) is 12.3 Å². The number of primary amides is 1. The number of benzene rings is 2. The third-order valence-electron chi connectivity index (χ3n) is 3.36. The molecule has 8 heteroatoms. The van der Waals surface area contributed by atoms with Crippen LogP contribution < -0.4 is 15.8 Å². The summed E-state index contributed by atoms with van der Waals surface area (Å²) in [6.07, 6.45) is 5.16. The highest BCUT2D eigenvalue weighted by Gasteiger charge is 2.15. The average Bonchev–Trinajstić information content (AvgIpc) is 2.61. The van der Waals surface area contributed by atoms with Crippen molar-refractivity contribution in [2.24, 2.45) is 5.73 Å². The molecule has 2 rings (SSSR count). The van der Waals surface area contributed by atoms with Gasteiger partial charge in [0.2, 0.25) is 15.9 Å². The van der Waals surface area contributed by atoms with Crippen LogP contribution in [-0.4, -0.2) is 26.8 Å². The molecule has 4 N–H and O–H groups in total. The number of hydrogen-bond donors (Lipinski definition) is 3. The molecule has 0 saturated carbocycles. The van der Waals surface area contributed by atoms with E-state index in [0.717, 1.165) is 5.56 Å². The van der Waals surface area contributed by atoms with Crippen molar-refractivity contribution in [2.75, 3.05) is 11.9 Å². The topological polar surface area (TPSA) is 118 Å². The first-order valence-corrected chi connectivity index (χ1v) is 9.02. The molecular formula is C18H17N3O4S. The van der Waals surface area contributed by atoms with Crippen molar-refractivity contribution in [1.29, 1.82) is 0 Å². The molecule has 0 aromatic heterocycles. The molecule has 0 unspecified atom stereocenters. The van der Waals surface area contributed by atoms with Crippen LogP contribution in [0.4, 0.5) is 5.69 Å². The van der Waals surface area contributed by atoms with E-state index in [1.165, 1.54) is 24.3 Å². The van der Waals surface area contributed by atoms with Crippen molar-refractivity contribution in [2.45, 2.75) is 11.3 Å². The molecule has 2 aromatic carbocycles. The van der Waals surface area contributed by atoms with Gasteiger partial charge in [-0.05, 0) is 35.9 Å². The standard InChI is InChI=1S/C18H17N3O4S/c1-2-10-20-26(24,25)16-5-3-4-14(12-16)18(23)21-15-8-6-13(7-9-15)11-17(19)22/h1,3-9,12,20H,10-11H2,(H2,19,22)(H,21,23). The van der Waals surface area contributed by atoms with E-state index in [2.05, 4.69) is 16.0 Å². The number of terminal acetylenes is 1. The second-order valence-corrected chi connectivity index (χ2v) is 7.12. The van der Waals surface area contributed by atoms with Crippen molar-refractivity contribution in [3.05, 3.63) is 59.7 Å². The number of rotatable bonds is 7. The van der Waals surface area contributed by atoms with E-state index >= 15 is 0 Å². The van der Waals surface area contributed by atoms with Crippen LogP contribution in [0.2, 0.25) is 0 Å². The van der Waals surface area contributed by atoms with Gasteiger partial charge in [0.1, 0.15) is 0 Å². The molecule has 7 nitrogen and oxygen atoms in total. The molecule has 26 heavy (non-hydrogen) atoms. The molecule has 0 bridgehead atoms. The van der Waals surface area contributed by atoms with Gasteiger partial charge in [-0.1, -0.05) is 24.1 Å². The largest absolute Gasteiger partial charge is 0.369 e. The number of nitrogens with one attached hydrogen (secondary N) is 2. The lowest BCUT2D eigenvalue weighted by Crippen LogP contribution is -2.24. The van der Waals surface area contributed by atoms with Crippen LogP contribution >= 0.6 is 0 Å². The molecule has 0 saturated heterocycles. The summed E-state index contributed by atoms with van der Waals surface area (Å²) in [6, 6.07) is 12.2. The van der Waals surface area contributed by atoms with Gasteiger partial charge in [0.05, 0.1) is 17.9 Å². The van der Waals surface area contributed by atoms with Crippen LogP contribution in [0.3, 0.4) is 0 Å². The number of carbonyl (C=O) groups is 2. The summed E-state index contributed by atoms with van der Waals surface area (Å²) in [6.45, 7) is -0.142. The fourth-order valence-corrected chi connectivity index (χ4v) is 3.11. The summed E-state index contributed by atoms with van der Waals surface area (Å²) < 4.78 is 26.4. The van der Waals surface area contributed by atoms with Crippen LogP contribution in [0.5, 0.6) is 0 Å². The van der Waals surface area contributed by atoms with E-state index in [4.69, 9.17) is 12.2 Å². The molecule has 134 valence electrons. The first kappa shape index (κ1) is 19.2. The van der Waals surface area contributed by atoms with E-state index in [9.17, 15) is 18.0 Å². The Kier molecular flexibility index (Phi) is 6.11. The molecule has 2 amide bonds. The highest BCUT2D eigenvalue weighted by atomic mass is 32.2. The van der Waals surface area contributed by atoms with Crippen molar-refractivity contribution >= 4 is 27.5 Å². The van der Waals surface area contributed by atoms with Crippen LogP contribution in [0.15, 0.2) is 53.4 Å². The summed E-state index contributed by atoms with van der Waals surface area (Å²) in [7, 11) is -3.78. The number of amides is 2. The SMILES string of the molecule is C#CCNS(=O)(=O)c1cccc(C(=O)Nc2ccc(CC(N)=O)cc2)c1. The Morgan fingerprint density at radius 2 is 1.81 bits per heavy atom. The van der Waals surface area contributed by atoms with Crippen LogP contribution in [0.1, 0.15) is 15.9 Å². The van der Waals surface area contributed by atoms with E-state index in [-0.39, 0.29) is 23.4 Å². The van der Waals surface area contributed by atoms with Gasteiger partial charge in [0, 0.05) is 11.3 Å². The zero-order chi connectivity index (χ0) is 19.2. The minimum atomic E-state index is -3.78. The summed E-state index contributed by atoms with van der Waals surface area (Å²) in [5, 5.41) is 2.66. The quantitative estimate of drug-likeness (QED) is 0.626. The first-order chi connectivity index (χ1) is 12.3. The van der Waals surface area contributed by atoms with Gasteiger partial charge in [0.25, 0.3) is 5.91 Å². The van der Waals surface area contributed by atoms with Gasteiger partial charge in [-0.3, -0.25) is 9.59 Å². The minimum Gasteiger partial charge on any atom is -0.369 e. The minimum absolute atomic E-state index is 0.0581. The maximum Gasteiger partial charge on any atom is 0.255 e. The number of nitrogens with two attached hydrogens (primary N) is 1. The zero-order valence-corrected chi connectivity index (χ0v) is 14.5. The molecule has 0 radical (unpaired) electrons. The molecule has 0 fully saturated rings. The van der Waals surface area contributed by atoms with Gasteiger partial charge >= 0.3 is 0 Å². The molecule has 0 aliphatic rings. The van der Waals surface area contributed by atoms with E-state index in [1.807, 2.05) is 0 Å². The molecule has 0 aliphatic heterocycles.